The van der Waals surface area contributed by atoms with E-state index in [1.165, 1.54) is 17.4 Å². The lowest BCUT2D eigenvalue weighted by Gasteiger charge is -2.13. The molecule has 0 saturated heterocycles. The van der Waals surface area contributed by atoms with E-state index in [1.54, 1.807) is 9.25 Å². The van der Waals surface area contributed by atoms with Gasteiger partial charge in [-0.2, -0.15) is 4.68 Å². The third kappa shape index (κ3) is 4.02. The molecule has 4 heterocycles. The number of hydrogen-bond donors (Lipinski definition) is 0. The molecule has 0 amide bonds. The fourth-order valence-corrected chi connectivity index (χ4v) is 6.12. The molecule has 3 aromatic carbocycles. The van der Waals surface area contributed by atoms with Crippen molar-refractivity contribution in [1.82, 2.24) is 18.9 Å². The van der Waals surface area contributed by atoms with Crippen LogP contribution in [0.3, 0.4) is 0 Å². The molecule has 0 radical (unpaired) electrons. The van der Waals surface area contributed by atoms with Crippen LogP contribution in [0.25, 0.3) is 26.3 Å². The Hall–Kier alpha value is -4.34. The Labute approximate surface area is 230 Å². The molecule has 6 aromatic rings. The highest BCUT2D eigenvalue weighted by molar-refractivity contribution is 7.20. The van der Waals surface area contributed by atoms with Crippen LogP contribution in [0.4, 0.5) is 0 Å². The molecule has 0 unspecified atom stereocenters. The molecule has 3 aromatic heterocycles. The van der Waals surface area contributed by atoms with E-state index in [0.717, 1.165) is 21.3 Å². The summed E-state index contributed by atoms with van der Waals surface area (Å²) in [5.74, 6) is 1.32. The third-order valence-electron chi connectivity index (χ3n) is 6.96. The summed E-state index contributed by atoms with van der Waals surface area (Å²) in [6.07, 6.45) is 0. The van der Waals surface area contributed by atoms with Gasteiger partial charge in [-0.25, -0.2) is 4.98 Å². The van der Waals surface area contributed by atoms with Gasteiger partial charge in [0.05, 0.1) is 34.2 Å². The molecule has 194 valence electrons. The fraction of sp³-hybridized carbons (Fsp3) is 0.138. The fourth-order valence-electron chi connectivity index (χ4n) is 5.02. The summed E-state index contributed by atoms with van der Waals surface area (Å²) < 4.78 is 16.9. The first-order chi connectivity index (χ1) is 19.0. The van der Waals surface area contributed by atoms with Crippen LogP contribution in [0.5, 0.6) is 11.5 Å². The largest absolute Gasteiger partial charge is 0.454 e. The first kappa shape index (κ1) is 23.8. The zero-order chi connectivity index (χ0) is 26.7. The first-order valence-corrected chi connectivity index (χ1v) is 13.5. The van der Waals surface area contributed by atoms with Crippen LogP contribution in [-0.2, 0) is 13.1 Å². The van der Waals surface area contributed by atoms with Crippen LogP contribution < -0.4 is 20.6 Å². The van der Waals surface area contributed by atoms with Gasteiger partial charge in [0.1, 0.15) is 0 Å². The number of benzene rings is 3. The van der Waals surface area contributed by atoms with E-state index >= 15 is 0 Å². The summed E-state index contributed by atoms with van der Waals surface area (Å²) in [6.45, 7) is 2.64. The first-order valence-electron chi connectivity index (χ1n) is 12.3. The molecule has 0 bridgehead atoms. The second-order valence-corrected chi connectivity index (χ2v) is 10.8. The van der Waals surface area contributed by atoms with Crippen molar-refractivity contribution in [2.24, 2.45) is 0 Å². The Morgan fingerprint density at radius 2 is 1.69 bits per heavy atom. The topological polar surface area (TPSA) is 80.3 Å². The van der Waals surface area contributed by atoms with Gasteiger partial charge >= 0.3 is 0 Å². The van der Waals surface area contributed by atoms with Crippen LogP contribution in [-0.4, -0.2) is 25.7 Å². The molecule has 1 aliphatic heterocycles. The van der Waals surface area contributed by atoms with E-state index in [4.69, 9.17) is 26.1 Å². The molecule has 0 aliphatic carbocycles. The number of hydrogen-bond acceptors (Lipinski definition) is 6. The number of pyridine rings is 1. The van der Waals surface area contributed by atoms with Gasteiger partial charge in [-0.1, -0.05) is 53.3 Å². The third-order valence-corrected chi connectivity index (χ3v) is 8.23. The van der Waals surface area contributed by atoms with Gasteiger partial charge in [0, 0.05) is 16.8 Å². The highest BCUT2D eigenvalue weighted by Crippen LogP contribution is 2.33. The molecule has 39 heavy (non-hydrogen) atoms. The molecular formula is C29H21ClN4O4S. The summed E-state index contributed by atoms with van der Waals surface area (Å²) in [5, 5.41) is 1.64. The van der Waals surface area contributed by atoms with Crippen molar-refractivity contribution >= 4 is 44.1 Å². The van der Waals surface area contributed by atoms with Gasteiger partial charge in [0.15, 0.2) is 11.5 Å². The average molecular weight is 557 g/mol. The molecule has 0 saturated carbocycles. The smallest absolute Gasteiger partial charge is 0.283 e. The number of halogens is 1. The van der Waals surface area contributed by atoms with Gasteiger partial charge in [0.2, 0.25) is 11.9 Å². The lowest BCUT2D eigenvalue weighted by molar-refractivity contribution is 0.174. The number of thiazole rings is 1. The minimum atomic E-state index is -0.227. The average Bonchev–Trinajstić information content (AvgIpc) is 3.63. The molecule has 7 rings (SSSR count). The predicted octanol–water partition coefficient (Wildman–Crippen LogP) is 5.35. The maximum Gasteiger partial charge on any atom is 0.283 e. The van der Waals surface area contributed by atoms with Crippen molar-refractivity contribution in [3.05, 3.63) is 115 Å². The van der Waals surface area contributed by atoms with E-state index in [2.05, 4.69) is 0 Å². The minimum absolute atomic E-state index is 0.177. The number of aromatic nitrogens is 4. The Balaban J connectivity index is 1.43. The van der Waals surface area contributed by atoms with Crippen LogP contribution in [0.2, 0.25) is 5.02 Å². The van der Waals surface area contributed by atoms with Crippen LogP contribution in [0, 0.1) is 6.92 Å². The zero-order valence-corrected chi connectivity index (χ0v) is 22.3. The van der Waals surface area contributed by atoms with Gasteiger partial charge < -0.3 is 14.0 Å². The van der Waals surface area contributed by atoms with Crippen molar-refractivity contribution < 1.29 is 9.47 Å². The highest BCUT2D eigenvalue weighted by atomic mass is 35.5. The van der Waals surface area contributed by atoms with Crippen molar-refractivity contribution in [2.45, 2.75) is 20.0 Å². The number of ether oxygens (including phenoxy) is 2. The summed E-state index contributed by atoms with van der Waals surface area (Å²) in [4.78, 5) is 32.3. The second kappa shape index (κ2) is 9.14. The maximum atomic E-state index is 14.1. The van der Waals surface area contributed by atoms with E-state index in [0.29, 0.717) is 51.3 Å². The molecule has 8 nitrogen and oxygen atoms in total. The van der Waals surface area contributed by atoms with Crippen LogP contribution in [0.15, 0.2) is 82.4 Å². The van der Waals surface area contributed by atoms with Crippen LogP contribution >= 0.6 is 22.9 Å². The van der Waals surface area contributed by atoms with E-state index < -0.39 is 0 Å². The maximum absolute atomic E-state index is 14.1. The SMILES string of the molecule is Cc1c2c(=O)n(-c3nc4ccccc4s3)n(Cc3ccc(Cl)cc3)c2cc(=O)n1Cc1ccc2c(c1)OCO2. The molecule has 10 heteroatoms. The molecule has 0 atom stereocenters. The summed E-state index contributed by atoms with van der Waals surface area (Å²) >= 11 is 7.55. The van der Waals surface area contributed by atoms with Crippen molar-refractivity contribution in [3.63, 3.8) is 0 Å². The Kier molecular flexibility index (Phi) is 5.57. The van der Waals surface area contributed by atoms with E-state index in [-0.39, 0.29) is 17.9 Å². The number of aryl methyl sites for hydroxylation is 1. The van der Waals surface area contributed by atoms with E-state index in [1.807, 2.05) is 78.3 Å². The normalized spacial score (nSPS) is 12.6. The molecular weight excluding hydrogens is 536 g/mol. The lowest BCUT2D eigenvalue weighted by atomic mass is 10.1. The predicted molar refractivity (Wildman–Crippen MR) is 152 cm³/mol. The highest BCUT2D eigenvalue weighted by Gasteiger charge is 2.23. The monoisotopic (exact) mass is 556 g/mol. The summed E-state index contributed by atoms with van der Waals surface area (Å²) in [6, 6.07) is 22.4. The van der Waals surface area contributed by atoms with Crippen molar-refractivity contribution in [1.29, 1.82) is 0 Å². The quantitative estimate of drug-likeness (QED) is 0.286. The zero-order valence-electron chi connectivity index (χ0n) is 20.8. The Morgan fingerprint density at radius 3 is 2.51 bits per heavy atom. The number of rotatable bonds is 5. The number of nitrogens with zero attached hydrogens (tertiary/aromatic N) is 4. The second-order valence-electron chi connectivity index (χ2n) is 9.37. The number of fused-ring (bicyclic) bond motifs is 3. The molecule has 1 aliphatic rings. The lowest BCUT2D eigenvalue weighted by Crippen LogP contribution is -2.23. The Bertz CT molecular complexity index is 1990. The van der Waals surface area contributed by atoms with Crippen LogP contribution in [0.1, 0.15) is 16.8 Å². The Morgan fingerprint density at radius 1 is 0.923 bits per heavy atom. The van der Waals surface area contributed by atoms with Gasteiger partial charge in [0.25, 0.3) is 11.1 Å². The molecule has 0 spiro atoms. The van der Waals surface area contributed by atoms with Gasteiger partial charge in [-0.15, -0.1) is 0 Å². The van der Waals surface area contributed by atoms with Gasteiger partial charge in [-0.3, -0.25) is 14.3 Å². The minimum Gasteiger partial charge on any atom is -0.454 e. The number of para-hydroxylation sites is 1. The molecule has 0 fully saturated rings. The summed E-state index contributed by atoms with van der Waals surface area (Å²) in [5.41, 5.74) is 3.33. The van der Waals surface area contributed by atoms with Crippen molar-refractivity contribution in [2.75, 3.05) is 6.79 Å². The van der Waals surface area contributed by atoms with Gasteiger partial charge in [-0.05, 0) is 54.4 Å². The molecule has 0 N–H and O–H groups in total. The standard InChI is InChI=1S/C29H21ClN4O4S/c1-17-27-22(13-26(35)32(17)14-19-8-11-23-24(12-19)38-16-37-23)33(15-18-6-9-20(30)10-7-18)34(28(27)36)29-31-21-4-2-3-5-25(21)39-29/h2-13H,14-16H2,1H3. The van der Waals surface area contributed by atoms with Crippen molar-refractivity contribution in [3.8, 4) is 16.6 Å². The summed E-state index contributed by atoms with van der Waals surface area (Å²) in [7, 11) is 0. The van der Waals surface area contributed by atoms with E-state index in [9.17, 15) is 9.59 Å².